The number of aldehydes is 1. The molecule has 1 rings (SSSR count). The van der Waals surface area contributed by atoms with Gasteiger partial charge in [0.25, 0.3) is 0 Å². The van der Waals surface area contributed by atoms with Crippen LogP contribution in [0.1, 0.15) is 79.6 Å². The normalized spacial score (nSPS) is 17.7. The molecule has 1 saturated heterocycles. The number of amides is 3. The molecule has 0 aromatic rings. The predicted molar refractivity (Wildman–Crippen MR) is 190 cm³/mol. The number of carboxylic acid groups (broad SMARTS) is 3. The molecular weight excluding hydrogens is 714 g/mol. The Balaban J connectivity index is 3.09. The number of nitrogens with zero attached hydrogens (tertiary/aromatic N) is 1. The van der Waals surface area contributed by atoms with Crippen molar-refractivity contribution in [3.63, 3.8) is 0 Å². The summed E-state index contributed by atoms with van der Waals surface area (Å²) in [5, 5.41) is 40.5. The Morgan fingerprint density at radius 1 is 0.796 bits per heavy atom. The summed E-state index contributed by atoms with van der Waals surface area (Å²) in [6, 6.07) is -8.71. The van der Waals surface area contributed by atoms with Crippen LogP contribution in [0.5, 0.6) is 0 Å². The summed E-state index contributed by atoms with van der Waals surface area (Å²) >= 11 is 0. The molecule has 1 aliphatic heterocycles. The van der Waals surface area contributed by atoms with Crippen LogP contribution in [0, 0.1) is 11.8 Å². The van der Waals surface area contributed by atoms with E-state index in [1.165, 1.54) is 13.8 Å². The third kappa shape index (κ3) is 16.6. The molecule has 20 heteroatoms. The van der Waals surface area contributed by atoms with Crippen molar-refractivity contribution in [1.29, 1.82) is 0 Å². The first-order chi connectivity index (χ1) is 25.2. The molecular formula is C34H55N7O13. The average molecular weight is 770 g/mol. The molecule has 0 unspecified atom stereocenters. The second-order valence-electron chi connectivity index (χ2n) is 14.1. The van der Waals surface area contributed by atoms with E-state index in [9.17, 15) is 58.2 Å². The van der Waals surface area contributed by atoms with Crippen LogP contribution in [0.3, 0.4) is 0 Å². The first-order valence-corrected chi connectivity index (χ1v) is 17.8. The highest BCUT2D eigenvalue weighted by Crippen LogP contribution is 2.18. The molecule has 0 saturated carbocycles. The monoisotopic (exact) mass is 769 g/mol. The molecule has 1 aliphatic rings. The first-order valence-electron chi connectivity index (χ1n) is 17.8. The number of carbonyl (C=O) groups excluding carboxylic acids is 7. The van der Waals surface area contributed by atoms with Crippen molar-refractivity contribution in [1.82, 2.24) is 31.5 Å². The van der Waals surface area contributed by atoms with Crippen LogP contribution in [-0.2, 0) is 47.9 Å². The highest BCUT2D eigenvalue weighted by molar-refractivity contribution is 6.41. The van der Waals surface area contributed by atoms with E-state index in [1.807, 2.05) is 13.8 Å². The number of nitrogens with one attached hydrogen (secondary N) is 5. The van der Waals surface area contributed by atoms with Gasteiger partial charge in [-0.2, -0.15) is 0 Å². The van der Waals surface area contributed by atoms with Crippen LogP contribution in [0.25, 0.3) is 0 Å². The summed E-state index contributed by atoms with van der Waals surface area (Å²) in [5.41, 5.74) is 5.57. The molecule has 1 fully saturated rings. The Morgan fingerprint density at radius 3 is 1.96 bits per heavy atom. The number of hydrogen-bond donors (Lipinski definition) is 9. The number of hydrogen-bond acceptors (Lipinski definition) is 14. The molecule has 54 heavy (non-hydrogen) atoms. The number of ketones is 3. The number of likely N-dealkylation sites (tertiary alicyclic amines) is 1. The highest BCUT2D eigenvalue weighted by atomic mass is 16.4. The lowest BCUT2D eigenvalue weighted by atomic mass is 9.92. The van der Waals surface area contributed by atoms with Crippen LogP contribution in [0.2, 0.25) is 0 Å². The molecule has 0 aromatic heterocycles. The number of carbonyl (C=O) groups is 10. The van der Waals surface area contributed by atoms with Gasteiger partial charge in [0.2, 0.25) is 29.3 Å². The Kier molecular flexibility index (Phi) is 20.3. The average Bonchev–Trinajstić information content (AvgIpc) is 3.54. The maximum Gasteiger partial charge on any atom is 0.305 e. The Labute approximate surface area is 313 Å². The summed E-state index contributed by atoms with van der Waals surface area (Å²) in [6.07, 6.45) is -0.898. The summed E-state index contributed by atoms with van der Waals surface area (Å²) in [7, 11) is 0. The van der Waals surface area contributed by atoms with Crippen molar-refractivity contribution in [2.45, 2.75) is 122 Å². The minimum atomic E-state index is -1.82. The van der Waals surface area contributed by atoms with Crippen LogP contribution >= 0.6 is 0 Å². The Bertz CT molecular complexity index is 1390. The van der Waals surface area contributed by atoms with Gasteiger partial charge in [-0.15, -0.1) is 0 Å². The number of aliphatic carboxylic acids is 3. The molecule has 20 nitrogen and oxygen atoms in total. The van der Waals surface area contributed by atoms with E-state index >= 15 is 0 Å². The topological polar surface area (TPSA) is 321 Å². The van der Waals surface area contributed by atoms with Gasteiger partial charge in [-0.3, -0.25) is 58.7 Å². The molecule has 7 atom stereocenters. The zero-order valence-electron chi connectivity index (χ0n) is 31.3. The zero-order valence-corrected chi connectivity index (χ0v) is 31.3. The summed E-state index contributed by atoms with van der Waals surface area (Å²) in [6.45, 7) is 8.83. The fraction of sp³-hybridized carbons (Fsp3) is 0.706. The van der Waals surface area contributed by atoms with Crippen molar-refractivity contribution < 1.29 is 63.3 Å². The third-order valence-corrected chi connectivity index (χ3v) is 8.68. The maximum atomic E-state index is 13.4. The van der Waals surface area contributed by atoms with Crippen molar-refractivity contribution in [2.75, 3.05) is 19.8 Å². The number of rotatable bonds is 27. The van der Waals surface area contributed by atoms with Crippen LogP contribution < -0.4 is 32.3 Å². The lowest BCUT2D eigenvalue weighted by molar-refractivity contribution is -0.144. The predicted octanol–water partition coefficient (Wildman–Crippen LogP) is -2.45. The largest absolute Gasteiger partial charge is 0.481 e. The summed E-state index contributed by atoms with van der Waals surface area (Å²) in [5.74, 6) is -10.7. The second-order valence-corrected chi connectivity index (χ2v) is 14.1. The standard InChI is InChI=1S/C34H55N7O13/c1-17(2)11-20(15-42)37-16-36-19(5)25(43)14-41-10-6-7-24(41)34(54)39-23(13-28(48)49)33(53)38-22(8-9-26(44)45)30(50)31(51)29(18(3)4)40-32(52)21(35)12-27(46)47/h15,17-24,29,36-37H,6-14,16,35H2,1-5H3,(H,38,53)(H,39,54)(H,40,52)(H,44,45)(H,46,47)(H,48,49)/t19-,20-,21-,22-,23-,24-,29-/m0/s1. The summed E-state index contributed by atoms with van der Waals surface area (Å²) in [4.78, 5) is 126. The van der Waals surface area contributed by atoms with Crippen molar-refractivity contribution in [3.05, 3.63) is 0 Å². The molecule has 0 aliphatic carbocycles. The Hall–Kier alpha value is -4.66. The molecule has 10 N–H and O–H groups in total. The minimum absolute atomic E-state index is 0.159. The van der Waals surface area contributed by atoms with E-state index in [4.69, 9.17) is 10.8 Å². The van der Waals surface area contributed by atoms with Crippen molar-refractivity contribution >= 4 is 59.3 Å². The van der Waals surface area contributed by atoms with Gasteiger partial charge in [-0.05, 0) is 51.0 Å². The van der Waals surface area contributed by atoms with Crippen molar-refractivity contribution in [2.24, 2.45) is 17.6 Å². The van der Waals surface area contributed by atoms with E-state index in [2.05, 4.69) is 26.6 Å². The van der Waals surface area contributed by atoms with E-state index in [1.54, 1.807) is 11.8 Å². The second kappa shape index (κ2) is 23.2. The molecule has 0 spiro atoms. The maximum absolute atomic E-state index is 13.4. The van der Waals surface area contributed by atoms with E-state index in [0.717, 1.165) is 6.29 Å². The third-order valence-electron chi connectivity index (χ3n) is 8.68. The van der Waals surface area contributed by atoms with Crippen LogP contribution in [0.4, 0.5) is 0 Å². The van der Waals surface area contributed by atoms with E-state index in [0.29, 0.717) is 19.4 Å². The number of carboxylic acids is 3. The molecule has 0 bridgehead atoms. The summed E-state index contributed by atoms with van der Waals surface area (Å²) < 4.78 is 0. The molecule has 0 radical (unpaired) electrons. The van der Waals surface area contributed by atoms with Gasteiger partial charge in [-0.1, -0.05) is 27.7 Å². The molecule has 0 aromatic carbocycles. The molecule has 1 heterocycles. The van der Waals surface area contributed by atoms with Gasteiger partial charge in [0.1, 0.15) is 12.3 Å². The molecule has 3 amide bonds. The van der Waals surface area contributed by atoms with Crippen LogP contribution in [0.15, 0.2) is 0 Å². The number of nitrogens with two attached hydrogens (primary N) is 1. The van der Waals surface area contributed by atoms with Gasteiger partial charge in [0.15, 0.2) is 5.78 Å². The van der Waals surface area contributed by atoms with Gasteiger partial charge in [0.05, 0.1) is 55.6 Å². The fourth-order valence-corrected chi connectivity index (χ4v) is 5.66. The fourth-order valence-electron chi connectivity index (χ4n) is 5.66. The minimum Gasteiger partial charge on any atom is -0.481 e. The quantitative estimate of drug-likeness (QED) is 0.0238. The lowest BCUT2D eigenvalue weighted by Gasteiger charge is -2.28. The number of Topliss-reactive ketones (excluding diaryl/α,β-unsaturated/α-hetero) is 3. The van der Waals surface area contributed by atoms with Gasteiger partial charge < -0.3 is 41.8 Å². The van der Waals surface area contributed by atoms with Gasteiger partial charge >= 0.3 is 17.9 Å². The SMILES string of the molecule is CC(C)C[C@@H](C=O)NCN[C@@H](C)C(=O)CN1CCC[C@H]1C(=O)N[C@@H](CC(=O)O)C(=O)N[C@@H](CCC(=O)O)C(=O)C(=O)[C@@H](NC(=O)[C@@H](N)CC(=O)O)C(C)C. The Morgan fingerprint density at radius 2 is 1.43 bits per heavy atom. The van der Waals surface area contributed by atoms with Crippen LogP contribution in [-0.4, -0.2) is 142 Å². The highest BCUT2D eigenvalue weighted by Gasteiger charge is 2.39. The zero-order chi connectivity index (χ0) is 41.3. The van der Waals surface area contributed by atoms with E-state index < -0.39 is 121 Å². The first kappa shape index (κ1) is 47.4. The van der Waals surface area contributed by atoms with Crippen molar-refractivity contribution in [3.8, 4) is 0 Å². The van der Waals surface area contributed by atoms with E-state index in [-0.39, 0.29) is 31.3 Å². The van der Waals surface area contributed by atoms with Gasteiger partial charge in [0, 0.05) is 13.1 Å². The molecule has 304 valence electrons. The smallest absolute Gasteiger partial charge is 0.305 e. The lowest BCUT2D eigenvalue weighted by Crippen LogP contribution is -2.58. The van der Waals surface area contributed by atoms with Gasteiger partial charge in [-0.25, -0.2) is 0 Å².